The first kappa shape index (κ1) is 13.4. The molecular formula is C6H7NaO4S2. The van der Waals surface area contributed by atoms with Crippen LogP contribution in [0.1, 0.15) is 0 Å². The van der Waals surface area contributed by atoms with E-state index in [-0.39, 0.29) is 39.3 Å². The van der Waals surface area contributed by atoms with E-state index in [0.29, 0.717) is 0 Å². The van der Waals surface area contributed by atoms with Crippen molar-refractivity contribution >= 4 is 51.7 Å². The minimum atomic E-state index is -2.21. The molecule has 0 bridgehead atoms. The fourth-order valence-corrected chi connectivity index (χ4v) is 2.04. The van der Waals surface area contributed by atoms with Gasteiger partial charge in [-0.2, -0.15) is 0 Å². The van der Waals surface area contributed by atoms with Gasteiger partial charge in [-0.25, -0.2) is 8.42 Å². The third-order valence-corrected chi connectivity index (χ3v) is 2.82. The molecule has 1 aromatic rings. The van der Waals surface area contributed by atoms with Crippen molar-refractivity contribution in [2.45, 2.75) is 9.79 Å². The van der Waals surface area contributed by atoms with Gasteiger partial charge in [0.2, 0.25) is 0 Å². The molecule has 2 unspecified atom stereocenters. The molecule has 0 aliphatic carbocycles. The second-order valence-corrected chi connectivity index (χ2v) is 3.82. The molecule has 2 atom stereocenters. The third-order valence-electron chi connectivity index (χ3n) is 1.23. The van der Waals surface area contributed by atoms with E-state index in [4.69, 9.17) is 9.11 Å². The van der Waals surface area contributed by atoms with Crippen LogP contribution in [-0.2, 0) is 22.2 Å². The van der Waals surface area contributed by atoms with E-state index >= 15 is 0 Å². The summed E-state index contributed by atoms with van der Waals surface area (Å²) in [6, 6.07) is 5.72. The summed E-state index contributed by atoms with van der Waals surface area (Å²) in [4.78, 5) is -0.0586. The van der Waals surface area contributed by atoms with Gasteiger partial charge in [0.1, 0.15) is 0 Å². The van der Waals surface area contributed by atoms with Gasteiger partial charge in [-0.05, 0) is 12.1 Å². The van der Waals surface area contributed by atoms with Gasteiger partial charge < -0.3 is 9.11 Å². The molecule has 4 nitrogen and oxygen atoms in total. The third kappa shape index (κ3) is 3.59. The summed E-state index contributed by atoms with van der Waals surface area (Å²) >= 11 is -4.43. The van der Waals surface area contributed by atoms with Gasteiger partial charge in [-0.1, -0.05) is 12.1 Å². The second kappa shape index (κ2) is 6.02. The maximum atomic E-state index is 10.6. The van der Waals surface area contributed by atoms with Gasteiger partial charge in [-0.15, -0.1) is 0 Å². The summed E-state index contributed by atoms with van der Waals surface area (Å²) in [5, 5.41) is 0. The maximum absolute atomic E-state index is 10.6. The molecule has 0 aromatic heterocycles. The van der Waals surface area contributed by atoms with Crippen LogP contribution in [0.4, 0.5) is 0 Å². The summed E-state index contributed by atoms with van der Waals surface area (Å²) in [6.07, 6.45) is 0. The first-order valence-corrected chi connectivity index (χ1v) is 5.15. The monoisotopic (exact) mass is 230 g/mol. The SMILES string of the molecule is O=S(O)c1ccccc1S(=O)O.[NaH]. The van der Waals surface area contributed by atoms with Crippen molar-refractivity contribution in [1.29, 1.82) is 0 Å². The molecule has 68 valence electrons. The van der Waals surface area contributed by atoms with E-state index in [1.54, 1.807) is 0 Å². The van der Waals surface area contributed by atoms with Crippen LogP contribution in [0.25, 0.3) is 0 Å². The number of benzene rings is 1. The van der Waals surface area contributed by atoms with Crippen LogP contribution in [0.15, 0.2) is 34.1 Å². The van der Waals surface area contributed by atoms with Crippen LogP contribution in [-0.4, -0.2) is 47.1 Å². The molecule has 7 heteroatoms. The summed E-state index contributed by atoms with van der Waals surface area (Å²) in [5.74, 6) is 0. The molecule has 0 saturated heterocycles. The Balaban J connectivity index is 0.00000144. The van der Waals surface area contributed by atoms with Crippen LogP contribution in [0.2, 0.25) is 0 Å². The Kier molecular flexibility index (Phi) is 6.23. The fraction of sp³-hybridized carbons (Fsp3) is 0. The first-order chi connectivity index (χ1) is 5.63. The van der Waals surface area contributed by atoms with Crippen LogP contribution >= 0.6 is 0 Å². The quantitative estimate of drug-likeness (QED) is 0.562. The predicted octanol–water partition coefficient (Wildman–Crippen LogP) is 0.199. The normalized spacial score (nSPS) is 14.3. The summed E-state index contributed by atoms with van der Waals surface area (Å²) in [5.41, 5.74) is 0. The van der Waals surface area contributed by atoms with Gasteiger partial charge in [0, 0.05) is 0 Å². The van der Waals surface area contributed by atoms with Crippen molar-refractivity contribution in [2.24, 2.45) is 0 Å². The average Bonchev–Trinajstić information content (AvgIpc) is 2.04. The number of hydrogen-bond acceptors (Lipinski definition) is 2. The van der Waals surface area contributed by atoms with E-state index in [0.717, 1.165) is 0 Å². The Bertz CT molecular complexity index is 308. The van der Waals surface area contributed by atoms with Crippen LogP contribution in [0.3, 0.4) is 0 Å². The zero-order valence-corrected chi connectivity index (χ0v) is 7.47. The Hall–Kier alpha value is 0.440. The van der Waals surface area contributed by atoms with Crippen molar-refractivity contribution in [3.05, 3.63) is 24.3 Å². The topological polar surface area (TPSA) is 74.6 Å². The van der Waals surface area contributed by atoms with Gasteiger partial charge in [0.25, 0.3) is 0 Å². The fourth-order valence-electron chi connectivity index (χ4n) is 0.739. The number of rotatable bonds is 2. The van der Waals surface area contributed by atoms with Crippen LogP contribution in [0, 0.1) is 0 Å². The molecule has 0 saturated carbocycles. The van der Waals surface area contributed by atoms with E-state index in [9.17, 15) is 8.42 Å². The zero-order valence-electron chi connectivity index (χ0n) is 5.84. The Morgan fingerprint density at radius 1 is 0.923 bits per heavy atom. The summed E-state index contributed by atoms with van der Waals surface area (Å²) in [6.45, 7) is 0. The molecule has 0 aliphatic heterocycles. The Morgan fingerprint density at radius 2 is 1.23 bits per heavy atom. The zero-order chi connectivity index (χ0) is 9.14. The Labute approximate surface area is 103 Å². The molecule has 0 fully saturated rings. The molecule has 0 radical (unpaired) electrons. The van der Waals surface area contributed by atoms with Crippen molar-refractivity contribution < 1.29 is 17.5 Å². The van der Waals surface area contributed by atoms with Gasteiger partial charge in [0.15, 0.2) is 22.2 Å². The minimum absolute atomic E-state index is 0. The van der Waals surface area contributed by atoms with Crippen LogP contribution in [0.5, 0.6) is 0 Å². The Morgan fingerprint density at radius 3 is 1.46 bits per heavy atom. The van der Waals surface area contributed by atoms with Crippen molar-refractivity contribution in [2.75, 3.05) is 0 Å². The van der Waals surface area contributed by atoms with E-state index in [1.165, 1.54) is 24.3 Å². The number of hydrogen-bond donors (Lipinski definition) is 2. The van der Waals surface area contributed by atoms with E-state index in [2.05, 4.69) is 0 Å². The first-order valence-electron chi connectivity index (χ1n) is 2.93. The summed E-state index contributed by atoms with van der Waals surface area (Å²) in [7, 11) is 0. The van der Waals surface area contributed by atoms with Crippen LogP contribution < -0.4 is 0 Å². The second-order valence-electron chi connectivity index (χ2n) is 1.95. The van der Waals surface area contributed by atoms with E-state index < -0.39 is 22.2 Å². The predicted molar refractivity (Wildman–Crippen MR) is 51.7 cm³/mol. The van der Waals surface area contributed by atoms with Gasteiger partial charge in [0.05, 0.1) is 9.79 Å². The molecule has 1 aromatic carbocycles. The molecule has 1 rings (SSSR count). The van der Waals surface area contributed by atoms with Crippen molar-refractivity contribution in [3.8, 4) is 0 Å². The van der Waals surface area contributed by atoms with Gasteiger partial charge in [-0.3, -0.25) is 0 Å². The molecule has 13 heavy (non-hydrogen) atoms. The van der Waals surface area contributed by atoms with Gasteiger partial charge >= 0.3 is 29.6 Å². The average molecular weight is 230 g/mol. The molecule has 0 heterocycles. The standard InChI is InChI=1S/C6H6O4S2.Na.H/c7-11(8)5-3-1-2-4-6(5)12(9)10;;/h1-4H,(H,7,8)(H,9,10);;. The van der Waals surface area contributed by atoms with Crippen molar-refractivity contribution in [1.82, 2.24) is 0 Å². The molecule has 0 amide bonds. The van der Waals surface area contributed by atoms with E-state index in [1.807, 2.05) is 0 Å². The molecule has 0 spiro atoms. The molecule has 2 N–H and O–H groups in total. The summed E-state index contributed by atoms with van der Waals surface area (Å²) < 4.78 is 38.5. The molecular weight excluding hydrogens is 223 g/mol. The molecule has 0 aliphatic rings. The van der Waals surface area contributed by atoms with Crippen molar-refractivity contribution in [3.63, 3.8) is 0 Å².